The third-order valence-corrected chi connectivity index (χ3v) is 9.16. The fourth-order valence-electron chi connectivity index (χ4n) is 6.42. The molecule has 41 heavy (non-hydrogen) atoms. The van der Waals surface area contributed by atoms with E-state index < -0.39 is 41.7 Å². The van der Waals surface area contributed by atoms with Crippen LogP contribution in [0.3, 0.4) is 0 Å². The van der Waals surface area contributed by atoms with Crippen LogP contribution >= 0.6 is 15.9 Å². The van der Waals surface area contributed by atoms with Crippen molar-refractivity contribution in [3.8, 4) is 0 Å². The highest BCUT2D eigenvalue weighted by Gasteiger charge is 2.77. The monoisotopic (exact) mass is 639 g/mol. The number of aliphatic hydroxyl groups is 1. The number of carbonyl (C=O) groups is 4. The van der Waals surface area contributed by atoms with Gasteiger partial charge in [0.15, 0.2) is 0 Å². The van der Waals surface area contributed by atoms with Gasteiger partial charge in [-0.1, -0.05) is 40.9 Å². The molecule has 3 saturated heterocycles. The van der Waals surface area contributed by atoms with E-state index in [1.807, 2.05) is 13.8 Å². The summed E-state index contributed by atoms with van der Waals surface area (Å²) in [6.07, 6.45) is 6.35. The van der Waals surface area contributed by atoms with Crippen molar-refractivity contribution in [2.45, 2.75) is 100 Å². The highest BCUT2D eigenvalue weighted by Crippen LogP contribution is 2.60. The maximum Gasteiger partial charge on any atom is 0.312 e. The van der Waals surface area contributed by atoms with Gasteiger partial charge in [-0.15, -0.1) is 13.2 Å². The van der Waals surface area contributed by atoms with Crippen LogP contribution < -0.4 is 5.32 Å². The summed E-state index contributed by atoms with van der Waals surface area (Å²) in [5, 5.41) is 11.9. The molecular weight excluding hydrogens is 594 g/mol. The summed E-state index contributed by atoms with van der Waals surface area (Å²) in [6.45, 7) is 13.9. The Morgan fingerprint density at radius 2 is 1.93 bits per heavy atom. The average molecular weight is 641 g/mol. The molecule has 2 N–H and O–H groups in total. The summed E-state index contributed by atoms with van der Waals surface area (Å²) in [4.78, 5) is 57.0. The number of likely N-dealkylation sites (tertiary alicyclic amines) is 1. The molecule has 230 valence electrons. The number of allylic oxidation sites excluding steroid dienone is 1. The minimum absolute atomic E-state index is 0.114. The topological polar surface area (TPSA) is 125 Å². The summed E-state index contributed by atoms with van der Waals surface area (Å²) < 4.78 is 12.3. The van der Waals surface area contributed by atoms with Gasteiger partial charge in [0.25, 0.3) is 0 Å². The van der Waals surface area contributed by atoms with Crippen LogP contribution in [-0.4, -0.2) is 99.6 Å². The molecule has 7 atom stereocenters. The predicted molar refractivity (Wildman–Crippen MR) is 158 cm³/mol. The van der Waals surface area contributed by atoms with Crippen molar-refractivity contribution < 1.29 is 33.8 Å². The highest BCUT2D eigenvalue weighted by molar-refractivity contribution is 9.09. The van der Waals surface area contributed by atoms with Crippen LogP contribution in [0.1, 0.15) is 65.7 Å². The van der Waals surface area contributed by atoms with Crippen LogP contribution in [0.15, 0.2) is 25.3 Å². The number of fused-ring (bicyclic) bond motifs is 1. The van der Waals surface area contributed by atoms with E-state index in [9.17, 15) is 19.2 Å². The van der Waals surface area contributed by atoms with E-state index in [4.69, 9.17) is 14.6 Å². The zero-order valence-corrected chi connectivity index (χ0v) is 26.1. The molecular formula is C30H46BrN3O7. The first-order valence-electron chi connectivity index (χ1n) is 14.8. The maximum absolute atomic E-state index is 14.2. The Bertz CT molecular complexity index is 991. The summed E-state index contributed by atoms with van der Waals surface area (Å²) in [6, 6.07) is -0.997. The molecule has 10 nitrogen and oxygen atoms in total. The lowest BCUT2D eigenvalue weighted by Gasteiger charge is -2.38. The lowest BCUT2D eigenvalue weighted by atomic mass is 9.70. The van der Waals surface area contributed by atoms with Gasteiger partial charge in [-0.2, -0.15) is 0 Å². The predicted octanol–water partition coefficient (Wildman–Crippen LogP) is 2.72. The lowest BCUT2D eigenvalue weighted by molar-refractivity contribution is -0.159. The Labute approximate surface area is 252 Å². The lowest BCUT2D eigenvalue weighted by Crippen LogP contribution is -2.58. The van der Waals surface area contributed by atoms with Gasteiger partial charge in [-0.3, -0.25) is 19.2 Å². The van der Waals surface area contributed by atoms with Crippen molar-refractivity contribution in [1.82, 2.24) is 15.1 Å². The minimum Gasteiger partial charge on any atom is -0.460 e. The molecule has 0 radical (unpaired) electrons. The van der Waals surface area contributed by atoms with Crippen LogP contribution in [0, 0.1) is 11.8 Å². The van der Waals surface area contributed by atoms with Crippen molar-refractivity contribution in [2.24, 2.45) is 11.8 Å². The SMILES string of the molecule is C=CCCC(=O)NC[C@H](C)OC(=O)[C@@H]1[C@H]2O[C@@]3(CC2Br)[C@H](C(=O)N(CC=C)C(C)C)N(CCCCCCO)C(=O)[C@@H]13. The van der Waals surface area contributed by atoms with Gasteiger partial charge in [-0.25, -0.2) is 0 Å². The molecule has 1 spiro atoms. The zero-order valence-electron chi connectivity index (χ0n) is 24.6. The van der Waals surface area contributed by atoms with Crippen LogP contribution in [0.2, 0.25) is 0 Å². The third-order valence-electron chi connectivity index (χ3n) is 8.31. The van der Waals surface area contributed by atoms with E-state index in [0.717, 1.165) is 12.8 Å². The number of aliphatic hydroxyl groups excluding tert-OH is 1. The number of alkyl halides is 1. The molecule has 1 unspecified atom stereocenters. The first kappa shape index (κ1) is 33.3. The van der Waals surface area contributed by atoms with E-state index in [2.05, 4.69) is 34.4 Å². The van der Waals surface area contributed by atoms with E-state index in [1.165, 1.54) is 0 Å². The summed E-state index contributed by atoms with van der Waals surface area (Å²) in [5.41, 5.74) is -1.15. The second-order valence-electron chi connectivity index (χ2n) is 11.6. The van der Waals surface area contributed by atoms with Crippen LogP contribution in [0.25, 0.3) is 0 Å². The molecule has 3 aliphatic rings. The van der Waals surface area contributed by atoms with Gasteiger partial charge in [0.2, 0.25) is 17.7 Å². The Kier molecular flexibility index (Phi) is 12.0. The van der Waals surface area contributed by atoms with Crippen LogP contribution in [-0.2, 0) is 28.7 Å². The summed E-state index contributed by atoms with van der Waals surface area (Å²) in [7, 11) is 0. The normalized spacial score (nSPS) is 28.9. The molecule has 0 aromatic heterocycles. The number of amides is 3. The zero-order chi connectivity index (χ0) is 30.3. The Balaban J connectivity index is 1.85. The number of esters is 1. The Morgan fingerprint density at radius 1 is 1.22 bits per heavy atom. The second kappa shape index (κ2) is 14.8. The van der Waals surface area contributed by atoms with Gasteiger partial charge >= 0.3 is 5.97 Å². The van der Waals surface area contributed by atoms with Gasteiger partial charge in [0, 0.05) is 37.0 Å². The van der Waals surface area contributed by atoms with Crippen LogP contribution in [0.5, 0.6) is 0 Å². The molecule has 11 heteroatoms. The number of rotatable bonds is 17. The number of unbranched alkanes of at least 4 members (excludes halogenated alkanes) is 3. The van der Waals surface area contributed by atoms with Gasteiger partial charge in [0.05, 0.1) is 24.5 Å². The molecule has 0 saturated carbocycles. The Hall–Kier alpha value is -2.24. The Morgan fingerprint density at radius 3 is 2.56 bits per heavy atom. The van der Waals surface area contributed by atoms with Gasteiger partial charge < -0.3 is 29.7 Å². The molecule has 3 rings (SSSR count). The molecule has 0 aliphatic carbocycles. The van der Waals surface area contributed by atoms with E-state index in [0.29, 0.717) is 45.2 Å². The molecule has 2 bridgehead atoms. The molecule has 3 heterocycles. The van der Waals surface area contributed by atoms with Crippen molar-refractivity contribution in [2.75, 3.05) is 26.2 Å². The highest BCUT2D eigenvalue weighted by atomic mass is 79.9. The quantitative estimate of drug-likeness (QED) is 0.108. The van der Waals surface area contributed by atoms with E-state index >= 15 is 0 Å². The summed E-state index contributed by atoms with van der Waals surface area (Å²) in [5.74, 6) is -2.91. The number of carbonyl (C=O) groups excluding carboxylic acids is 4. The molecule has 3 amide bonds. The fraction of sp³-hybridized carbons (Fsp3) is 0.733. The number of nitrogens with one attached hydrogen (secondary N) is 1. The van der Waals surface area contributed by atoms with Crippen molar-refractivity contribution in [3.63, 3.8) is 0 Å². The van der Waals surface area contributed by atoms with Crippen molar-refractivity contribution >= 4 is 39.6 Å². The van der Waals surface area contributed by atoms with E-state index in [-0.39, 0.29) is 41.7 Å². The van der Waals surface area contributed by atoms with Gasteiger partial charge in [-0.05, 0) is 46.5 Å². The third kappa shape index (κ3) is 7.05. The molecule has 3 fully saturated rings. The van der Waals surface area contributed by atoms with Crippen molar-refractivity contribution in [1.29, 1.82) is 0 Å². The van der Waals surface area contributed by atoms with Crippen molar-refractivity contribution in [3.05, 3.63) is 25.3 Å². The first-order valence-corrected chi connectivity index (χ1v) is 15.7. The number of hydrogen-bond acceptors (Lipinski definition) is 7. The first-order chi connectivity index (χ1) is 19.5. The van der Waals surface area contributed by atoms with E-state index in [1.54, 1.807) is 28.9 Å². The molecule has 3 aliphatic heterocycles. The molecule has 0 aromatic rings. The maximum atomic E-state index is 14.2. The van der Waals surface area contributed by atoms with Gasteiger partial charge in [0.1, 0.15) is 17.7 Å². The standard InChI is InChI=1S/C30H46BrN3O7/c1-6-8-13-22(36)32-18-20(5)40-29(39)23-24-27(37)34(15-11-9-10-12-16-35)26(28(38)33(14-7-2)19(3)4)30(24)17-21(31)25(23)41-30/h6-7,19-21,23-26,35H,1-2,8-18H2,3-5H3,(H,32,36)/t20-,21?,23-,24+,25-,26-,30+/m0/s1. The van der Waals surface area contributed by atoms with Crippen LogP contribution in [0.4, 0.5) is 0 Å². The number of halogens is 1. The number of ether oxygens (including phenoxy) is 2. The average Bonchev–Trinajstić information content (AvgIpc) is 3.52. The number of hydrogen-bond donors (Lipinski definition) is 2. The largest absolute Gasteiger partial charge is 0.460 e. The fourth-order valence-corrected chi connectivity index (χ4v) is 7.36. The summed E-state index contributed by atoms with van der Waals surface area (Å²) >= 11 is 3.68. The smallest absolute Gasteiger partial charge is 0.312 e. The number of nitrogens with zero attached hydrogens (tertiary/aromatic N) is 2. The minimum atomic E-state index is -1.15. The second-order valence-corrected chi connectivity index (χ2v) is 12.8. The molecule has 0 aromatic carbocycles.